The van der Waals surface area contributed by atoms with Gasteiger partial charge >= 0.3 is 0 Å². The zero-order chi connectivity index (χ0) is 12.7. The van der Waals surface area contributed by atoms with E-state index in [0.29, 0.717) is 5.41 Å². The second-order valence-corrected chi connectivity index (χ2v) is 6.86. The van der Waals surface area contributed by atoms with Crippen LogP contribution in [0.25, 0.3) is 0 Å². The van der Waals surface area contributed by atoms with E-state index in [0.717, 1.165) is 12.0 Å². The Labute approximate surface area is 108 Å². The van der Waals surface area contributed by atoms with Crippen molar-refractivity contribution in [3.63, 3.8) is 0 Å². The molecule has 2 nitrogen and oxygen atoms in total. The van der Waals surface area contributed by atoms with Gasteiger partial charge in [-0.2, -0.15) is 0 Å². The molecule has 0 atom stereocenters. The van der Waals surface area contributed by atoms with Gasteiger partial charge in [-0.15, -0.1) is 0 Å². The van der Waals surface area contributed by atoms with Gasteiger partial charge in [0.15, 0.2) is 0 Å². The molecule has 2 N–H and O–H groups in total. The minimum Gasteiger partial charge on any atom is -0.317 e. The number of rotatable bonds is 7. The summed E-state index contributed by atoms with van der Waals surface area (Å²) in [5.74, 6) is 0.850. The Kier molecular flexibility index (Phi) is 6.50. The zero-order valence-corrected chi connectivity index (χ0v) is 12.3. The van der Waals surface area contributed by atoms with Crippen LogP contribution in [0, 0.1) is 11.3 Å². The lowest BCUT2D eigenvalue weighted by Crippen LogP contribution is -2.43. The highest BCUT2D eigenvalue weighted by atomic mass is 15.0. The van der Waals surface area contributed by atoms with E-state index in [1.54, 1.807) is 0 Å². The summed E-state index contributed by atoms with van der Waals surface area (Å²) < 4.78 is 0. The first-order valence-electron chi connectivity index (χ1n) is 7.44. The van der Waals surface area contributed by atoms with E-state index in [2.05, 4.69) is 38.3 Å². The van der Waals surface area contributed by atoms with Gasteiger partial charge in [-0.25, -0.2) is 0 Å². The molecule has 1 rings (SSSR count). The number of hydrogen-bond acceptors (Lipinski definition) is 2. The third kappa shape index (κ3) is 7.05. The molecule has 17 heavy (non-hydrogen) atoms. The number of nitrogens with one attached hydrogen (secondary N) is 2. The van der Waals surface area contributed by atoms with Crippen molar-refractivity contribution in [3.05, 3.63) is 0 Å². The molecule has 1 aliphatic heterocycles. The summed E-state index contributed by atoms with van der Waals surface area (Å²) in [6.45, 7) is 13.0. The standard InChI is InChI=1S/C15H32N2/c1-13(2)6-5-9-15(3,4)12-17-14-7-10-16-11-8-14/h13-14,16-17H,5-12H2,1-4H3. The predicted octanol–water partition coefficient (Wildman–Crippen LogP) is 3.18. The summed E-state index contributed by atoms with van der Waals surface area (Å²) in [4.78, 5) is 0. The van der Waals surface area contributed by atoms with Gasteiger partial charge in [-0.05, 0) is 43.7 Å². The van der Waals surface area contributed by atoms with E-state index in [4.69, 9.17) is 0 Å². The summed E-state index contributed by atoms with van der Waals surface area (Å²) in [7, 11) is 0. The Morgan fingerprint density at radius 2 is 1.88 bits per heavy atom. The van der Waals surface area contributed by atoms with E-state index in [-0.39, 0.29) is 0 Å². The molecule has 0 aromatic heterocycles. The highest BCUT2D eigenvalue weighted by Crippen LogP contribution is 2.24. The molecule has 0 spiro atoms. The molecule has 1 saturated heterocycles. The van der Waals surface area contributed by atoms with E-state index in [9.17, 15) is 0 Å². The Balaban J connectivity index is 2.14. The van der Waals surface area contributed by atoms with Crippen molar-refractivity contribution in [1.29, 1.82) is 0 Å². The Bertz CT molecular complexity index is 193. The second-order valence-electron chi connectivity index (χ2n) is 6.86. The average Bonchev–Trinajstić information content (AvgIpc) is 2.27. The SMILES string of the molecule is CC(C)CCCC(C)(C)CNC1CCNCC1. The maximum absolute atomic E-state index is 3.76. The van der Waals surface area contributed by atoms with E-state index in [1.165, 1.54) is 51.7 Å². The van der Waals surface area contributed by atoms with Crippen LogP contribution in [0.2, 0.25) is 0 Å². The topological polar surface area (TPSA) is 24.1 Å². The summed E-state index contributed by atoms with van der Waals surface area (Å²) in [6.07, 6.45) is 6.68. The predicted molar refractivity (Wildman–Crippen MR) is 76.4 cm³/mol. The monoisotopic (exact) mass is 240 g/mol. The van der Waals surface area contributed by atoms with Crippen molar-refractivity contribution in [2.24, 2.45) is 11.3 Å². The van der Waals surface area contributed by atoms with Crippen molar-refractivity contribution in [1.82, 2.24) is 10.6 Å². The molecule has 2 heteroatoms. The van der Waals surface area contributed by atoms with Crippen LogP contribution in [0.5, 0.6) is 0 Å². The highest BCUT2D eigenvalue weighted by Gasteiger charge is 2.20. The molecule has 0 radical (unpaired) electrons. The smallest absolute Gasteiger partial charge is 0.00914 e. The summed E-state index contributed by atoms with van der Waals surface area (Å²) in [5.41, 5.74) is 0.458. The van der Waals surface area contributed by atoms with Gasteiger partial charge in [0.1, 0.15) is 0 Å². The van der Waals surface area contributed by atoms with Gasteiger partial charge in [-0.3, -0.25) is 0 Å². The minimum absolute atomic E-state index is 0.458. The van der Waals surface area contributed by atoms with Crippen molar-refractivity contribution in [2.45, 2.75) is 65.8 Å². The van der Waals surface area contributed by atoms with Crippen LogP contribution in [0.15, 0.2) is 0 Å². The highest BCUT2D eigenvalue weighted by molar-refractivity contribution is 4.79. The van der Waals surface area contributed by atoms with E-state index in [1.807, 2.05) is 0 Å². The maximum atomic E-state index is 3.76. The summed E-state index contributed by atoms with van der Waals surface area (Å²) in [6, 6.07) is 0.751. The van der Waals surface area contributed by atoms with Crippen LogP contribution >= 0.6 is 0 Å². The van der Waals surface area contributed by atoms with Gasteiger partial charge in [-0.1, -0.05) is 40.5 Å². The molecule has 0 aliphatic carbocycles. The molecule has 0 bridgehead atoms. The molecule has 0 amide bonds. The third-order valence-corrected chi connectivity index (χ3v) is 3.84. The molecular weight excluding hydrogens is 208 g/mol. The quantitative estimate of drug-likeness (QED) is 0.714. The van der Waals surface area contributed by atoms with E-state index < -0.39 is 0 Å². The van der Waals surface area contributed by atoms with Crippen LogP contribution in [0.3, 0.4) is 0 Å². The minimum atomic E-state index is 0.458. The zero-order valence-electron chi connectivity index (χ0n) is 12.3. The third-order valence-electron chi connectivity index (χ3n) is 3.84. The fraction of sp³-hybridized carbons (Fsp3) is 1.00. The van der Waals surface area contributed by atoms with Gasteiger partial charge < -0.3 is 10.6 Å². The molecule has 0 aromatic rings. The largest absolute Gasteiger partial charge is 0.317 e. The second kappa shape index (κ2) is 7.38. The first kappa shape index (κ1) is 15.0. The number of hydrogen-bond donors (Lipinski definition) is 2. The molecule has 1 aliphatic rings. The number of piperidine rings is 1. The van der Waals surface area contributed by atoms with Crippen molar-refractivity contribution >= 4 is 0 Å². The molecule has 0 aromatic carbocycles. The molecule has 1 heterocycles. The van der Waals surface area contributed by atoms with Gasteiger partial charge in [0.2, 0.25) is 0 Å². The van der Waals surface area contributed by atoms with Crippen LogP contribution in [0.1, 0.15) is 59.8 Å². The van der Waals surface area contributed by atoms with Crippen molar-refractivity contribution in [3.8, 4) is 0 Å². The summed E-state index contributed by atoms with van der Waals surface area (Å²) >= 11 is 0. The lowest BCUT2D eigenvalue weighted by molar-refractivity contribution is 0.265. The van der Waals surface area contributed by atoms with Gasteiger partial charge in [0.25, 0.3) is 0 Å². The Morgan fingerprint density at radius 3 is 2.47 bits per heavy atom. The fourth-order valence-electron chi connectivity index (χ4n) is 2.52. The lowest BCUT2D eigenvalue weighted by Gasteiger charge is -2.30. The summed E-state index contributed by atoms with van der Waals surface area (Å²) in [5, 5.41) is 7.18. The molecule has 0 unspecified atom stereocenters. The average molecular weight is 240 g/mol. The molecule has 102 valence electrons. The van der Waals surface area contributed by atoms with Crippen molar-refractivity contribution in [2.75, 3.05) is 19.6 Å². The van der Waals surface area contributed by atoms with E-state index >= 15 is 0 Å². The van der Waals surface area contributed by atoms with Crippen LogP contribution in [-0.4, -0.2) is 25.7 Å². The molecule has 1 fully saturated rings. The van der Waals surface area contributed by atoms with Crippen molar-refractivity contribution < 1.29 is 0 Å². The Hall–Kier alpha value is -0.0800. The molecular formula is C15H32N2. The Morgan fingerprint density at radius 1 is 1.24 bits per heavy atom. The maximum Gasteiger partial charge on any atom is 0.00914 e. The van der Waals surface area contributed by atoms with Crippen LogP contribution < -0.4 is 10.6 Å². The van der Waals surface area contributed by atoms with Gasteiger partial charge in [0.05, 0.1) is 0 Å². The first-order chi connectivity index (χ1) is 7.99. The fourth-order valence-corrected chi connectivity index (χ4v) is 2.52. The molecule has 0 saturated carbocycles. The normalized spacial score (nSPS) is 18.9. The van der Waals surface area contributed by atoms with Crippen LogP contribution in [-0.2, 0) is 0 Å². The van der Waals surface area contributed by atoms with Gasteiger partial charge in [0, 0.05) is 12.6 Å². The lowest BCUT2D eigenvalue weighted by atomic mass is 9.85. The van der Waals surface area contributed by atoms with Crippen LogP contribution in [0.4, 0.5) is 0 Å². The first-order valence-corrected chi connectivity index (χ1v) is 7.44.